The van der Waals surface area contributed by atoms with Crippen molar-refractivity contribution in [2.45, 2.75) is 128 Å². The molecule has 0 aromatic heterocycles. The van der Waals surface area contributed by atoms with Crippen LogP contribution in [0.4, 0.5) is 0 Å². The number of rotatable bonds is 8. The van der Waals surface area contributed by atoms with E-state index in [1.807, 2.05) is 0 Å². The third kappa shape index (κ3) is 7.69. The molecule has 0 radical (unpaired) electrons. The Labute approximate surface area is 242 Å². The van der Waals surface area contributed by atoms with Crippen molar-refractivity contribution in [3.63, 3.8) is 0 Å². The Morgan fingerprint density at radius 1 is 0.634 bits per heavy atom. The first-order valence-corrected chi connectivity index (χ1v) is 14.4. The first-order chi connectivity index (χ1) is 19.0. The minimum absolute atomic E-state index is 0.237. The minimum Gasteiger partial charge on any atom is -0.463 e. The Bertz CT molecular complexity index is 1020. The van der Waals surface area contributed by atoms with Crippen LogP contribution in [-0.2, 0) is 66.5 Å². The van der Waals surface area contributed by atoms with E-state index in [-0.39, 0.29) is 12.4 Å². The summed E-state index contributed by atoms with van der Waals surface area (Å²) in [6, 6.07) is 0. The van der Waals surface area contributed by atoms with Gasteiger partial charge in [-0.1, -0.05) is 0 Å². The minimum atomic E-state index is -1.26. The zero-order valence-corrected chi connectivity index (χ0v) is 25.1. The molecule has 0 amide bonds. The maximum atomic E-state index is 12.1. The van der Waals surface area contributed by atoms with Crippen molar-refractivity contribution in [3.8, 4) is 0 Å². The van der Waals surface area contributed by atoms with Gasteiger partial charge in [0.15, 0.2) is 36.2 Å². The van der Waals surface area contributed by atoms with Crippen LogP contribution in [0.15, 0.2) is 0 Å². The van der Waals surface area contributed by atoms with Crippen LogP contribution in [-0.4, -0.2) is 108 Å². The maximum absolute atomic E-state index is 12.1. The van der Waals surface area contributed by atoms with Crippen LogP contribution in [0.3, 0.4) is 0 Å². The average Bonchev–Trinajstić information content (AvgIpc) is 3.32. The molecule has 4 fully saturated rings. The summed E-state index contributed by atoms with van der Waals surface area (Å²) in [5.74, 6) is -4.23. The van der Waals surface area contributed by atoms with Gasteiger partial charge in [-0.15, -0.1) is 11.8 Å². The Hall–Kier alpha value is -2.01. The van der Waals surface area contributed by atoms with E-state index >= 15 is 0 Å². The largest absolute Gasteiger partial charge is 0.463 e. The highest BCUT2D eigenvalue weighted by molar-refractivity contribution is 7.99. The third-order valence-electron chi connectivity index (χ3n) is 6.62. The Morgan fingerprint density at radius 3 is 1.78 bits per heavy atom. The average molecular weight is 607 g/mol. The van der Waals surface area contributed by atoms with Crippen LogP contribution in [0.25, 0.3) is 0 Å². The fourth-order valence-electron chi connectivity index (χ4n) is 5.34. The molecule has 232 valence electrons. The molecule has 4 heterocycles. The van der Waals surface area contributed by atoms with Gasteiger partial charge in [-0.2, -0.15) is 0 Å². The van der Waals surface area contributed by atoms with Crippen LogP contribution >= 0.6 is 11.8 Å². The number of hydrogen-bond acceptors (Lipinski definition) is 15. The number of esters is 4. The zero-order chi connectivity index (χ0) is 30.3. The summed E-state index contributed by atoms with van der Waals surface area (Å²) in [5, 5.41) is 0. The Morgan fingerprint density at radius 2 is 1.17 bits per heavy atom. The van der Waals surface area contributed by atoms with Gasteiger partial charge in [0, 0.05) is 33.4 Å². The normalized spacial score (nSPS) is 38.7. The highest BCUT2D eigenvalue weighted by atomic mass is 32.2. The molecular formula is C26H38O14S. The van der Waals surface area contributed by atoms with Gasteiger partial charge >= 0.3 is 23.9 Å². The van der Waals surface area contributed by atoms with E-state index in [0.717, 1.165) is 0 Å². The molecule has 14 nitrogen and oxygen atoms in total. The van der Waals surface area contributed by atoms with Crippen molar-refractivity contribution in [1.29, 1.82) is 0 Å². The molecule has 0 saturated carbocycles. The number of thioether (sulfide) groups is 1. The van der Waals surface area contributed by atoms with Crippen molar-refractivity contribution in [3.05, 3.63) is 0 Å². The first-order valence-electron chi connectivity index (χ1n) is 13.3. The summed E-state index contributed by atoms with van der Waals surface area (Å²) in [5.41, 5.74) is -0.956. The SMILES string of the molecule is CC(=O)OC[C@H]1O[C@@H](SC[C@H]2O[C@@H]3OC(C)(C)O[C@@H]3[C@H]3OC(C)(C)O[C@H]32)[C@H](OC(C)=O)[C@@H](OC(C)=O)[C@H]1OC(C)=O. The molecule has 0 aliphatic carbocycles. The molecule has 41 heavy (non-hydrogen) atoms. The molecule has 0 spiro atoms. The summed E-state index contributed by atoms with van der Waals surface area (Å²) in [4.78, 5) is 47.8. The lowest BCUT2D eigenvalue weighted by Crippen LogP contribution is -2.62. The van der Waals surface area contributed by atoms with E-state index < -0.39 is 96.0 Å². The molecule has 0 aromatic rings. The summed E-state index contributed by atoms with van der Waals surface area (Å²) >= 11 is 1.20. The highest BCUT2D eigenvalue weighted by Gasteiger charge is 2.61. The van der Waals surface area contributed by atoms with E-state index in [1.54, 1.807) is 27.7 Å². The lowest BCUT2D eigenvalue weighted by atomic mass is 9.99. The quantitative estimate of drug-likeness (QED) is 0.286. The lowest BCUT2D eigenvalue weighted by Gasteiger charge is -2.44. The molecule has 0 N–H and O–H groups in total. The molecule has 0 bridgehead atoms. The number of carbonyl (C=O) groups is 4. The van der Waals surface area contributed by atoms with Crippen LogP contribution in [0.5, 0.6) is 0 Å². The van der Waals surface area contributed by atoms with Gasteiger partial charge < -0.3 is 47.4 Å². The predicted molar refractivity (Wildman–Crippen MR) is 137 cm³/mol. The standard InChI is InChI=1S/C26H38O14S/c1-11(27)31-9-15-17(32-12(2)28)19(33-13(3)29)22(34-14(4)30)24(36-15)41-10-16-18-20(38-25(5,6)37-18)21-23(35-16)40-26(7,8)39-21/h15-24H,9-10H2,1-8H3/t15-,16-,17+,18+,19+,20+,21-,22-,23-,24+/m1/s1. The van der Waals surface area contributed by atoms with Gasteiger partial charge in [0.2, 0.25) is 0 Å². The van der Waals surface area contributed by atoms with Gasteiger partial charge in [-0.05, 0) is 27.7 Å². The summed E-state index contributed by atoms with van der Waals surface area (Å²) < 4.78 is 58.5. The smallest absolute Gasteiger partial charge is 0.303 e. The lowest BCUT2D eigenvalue weighted by molar-refractivity contribution is -0.238. The summed E-state index contributed by atoms with van der Waals surface area (Å²) in [7, 11) is 0. The van der Waals surface area contributed by atoms with E-state index in [4.69, 9.17) is 47.4 Å². The van der Waals surface area contributed by atoms with Crippen LogP contribution < -0.4 is 0 Å². The summed E-state index contributed by atoms with van der Waals surface area (Å²) in [6.07, 6.45) is -7.52. The van der Waals surface area contributed by atoms with Crippen molar-refractivity contribution >= 4 is 35.6 Å². The fraction of sp³-hybridized carbons (Fsp3) is 0.846. The molecule has 4 saturated heterocycles. The van der Waals surface area contributed by atoms with Crippen LogP contribution in [0.1, 0.15) is 55.4 Å². The van der Waals surface area contributed by atoms with E-state index in [9.17, 15) is 19.2 Å². The number of hydrogen-bond donors (Lipinski definition) is 0. The van der Waals surface area contributed by atoms with Crippen LogP contribution in [0.2, 0.25) is 0 Å². The van der Waals surface area contributed by atoms with Gasteiger partial charge in [0.05, 0.1) is 6.10 Å². The second kappa shape index (κ2) is 12.3. The first kappa shape index (κ1) is 31.9. The molecule has 4 aliphatic rings. The monoisotopic (exact) mass is 606 g/mol. The van der Waals surface area contributed by atoms with Gasteiger partial charge in [0.25, 0.3) is 0 Å². The summed E-state index contributed by atoms with van der Waals surface area (Å²) in [6.45, 7) is 11.6. The van der Waals surface area contributed by atoms with Crippen LogP contribution in [0, 0.1) is 0 Å². The molecular weight excluding hydrogens is 568 g/mol. The van der Waals surface area contributed by atoms with Crippen molar-refractivity contribution in [2.24, 2.45) is 0 Å². The highest BCUT2D eigenvalue weighted by Crippen LogP contribution is 2.45. The van der Waals surface area contributed by atoms with E-state index in [2.05, 4.69) is 0 Å². The molecule has 10 atom stereocenters. The third-order valence-corrected chi connectivity index (χ3v) is 7.85. The topological polar surface area (TPSA) is 161 Å². The molecule has 4 rings (SSSR count). The van der Waals surface area contributed by atoms with Crippen molar-refractivity contribution in [2.75, 3.05) is 12.4 Å². The Balaban J connectivity index is 1.59. The van der Waals surface area contributed by atoms with Gasteiger partial charge in [-0.3, -0.25) is 19.2 Å². The zero-order valence-electron chi connectivity index (χ0n) is 24.3. The number of fused-ring (bicyclic) bond motifs is 3. The second-order valence-corrected chi connectivity index (χ2v) is 12.2. The molecule has 0 unspecified atom stereocenters. The molecule has 15 heteroatoms. The Kier molecular flexibility index (Phi) is 9.58. The molecule has 4 aliphatic heterocycles. The van der Waals surface area contributed by atoms with Gasteiger partial charge in [-0.25, -0.2) is 0 Å². The van der Waals surface area contributed by atoms with E-state index in [0.29, 0.717) is 0 Å². The van der Waals surface area contributed by atoms with Gasteiger partial charge in [0.1, 0.15) is 36.5 Å². The number of ether oxygens (including phenoxy) is 10. The maximum Gasteiger partial charge on any atom is 0.303 e. The van der Waals surface area contributed by atoms with Crippen molar-refractivity contribution in [1.82, 2.24) is 0 Å². The predicted octanol–water partition coefficient (Wildman–Crippen LogP) is 1.20. The van der Waals surface area contributed by atoms with Crippen molar-refractivity contribution < 1.29 is 66.5 Å². The van der Waals surface area contributed by atoms with E-state index in [1.165, 1.54) is 39.5 Å². The second-order valence-electron chi connectivity index (χ2n) is 11.1. The fourth-order valence-corrected chi connectivity index (χ4v) is 6.61. The molecule has 0 aromatic carbocycles. The number of carbonyl (C=O) groups excluding carboxylic acids is 4.